The van der Waals surface area contributed by atoms with Crippen molar-refractivity contribution < 1.29 is 4.74 Å². The summed E-state index contributed by atoms with van der Waals surface area (Å²) in [6, 6.07) is 0.612. The van der Waals surface area contributed by atoms with Crippen LogP contribution < -0.4 is 5.32 Å². The van der Waals surface area contributed by atoms with Crippen molar-refractivity contribution in [3.8, 4) is 0 Å². The standard InChI is InChI=1S/C14H32N2O/c1-13(2)16(11-12-17-6)10-8-7-9-15-14(3,4)5/h13,15H,7-12H2,1-6H3. The summed E-state index contributed by atoms with van der Waals surface area (Å²) in [6.07, 6.45) is 2.50. The molecule has 0 aliphatic heterocycles. The molecule has 104 valence electrons. The Morgan fingerprint density at radius 3 is 2.24 bits per heavy atom. The van der Waals surface area contributed by atoms with Gasteiger partial charge in [0.05, 0.1) is 6.61 Å². The second-order valence-corrected chi connectivity index (χ2v) is 6.01. The predicted octanol–water partition coefficient (Wildman–Crippen LogP) is 2.51. The molecule has 0 rings (SSSR count). The summed E-state index contributed by atoms with van der Waals surface area (Å²) in [5.41, 5.74) is 0.244. The maximum atomic E-state index is 5.14. The summed E-state index contributed by atoms with van der Waals surface area (Å²) in [6.45, 7) is 15.3. The Kier molecular flexibility index (Phi) is 8.83. The van der Waals surface area contributed by atoms with Gasteiger partial charge >= 0.3 is 0 Å². The molecule has 1 N–H and O–H groups in total. The van der Waals surface area contributed by atoms with Gasteiger partial charge in [-0.3, -0.25) is 4.90 Å². The van der Waals surface area contributed by atoms with E-state index < -0.39 is 0 Å². The highest BCUT2D eigenvalue weighted by Gasteiger charge is 2.10. The maximum Gasteiger partial charge on any atom is 0.0589 e. The number of hydrogen-bond donors (Lipinski definition) is 1. The smallest absolute Gasteiger partial charge is 0.0589 e. The van der Waals surface area contributed by atoms with E-state index in [2.05, 4.69) is 44.8 Å². The summed E-state index contributed by atoms with van der Waals surface area (Å²) in [7, 11) is 1.77. The molecule has 0 spiro atoms. The van der Waals surface area contributed by atoms with E-state index in [0.717, 1.165) is 19.7 Å². The lowest BCUT2D eigenvalue weighted by Gasteiger charge is -2.26. The number of ether oxygens (including phenoxy) is 1. The summed E-state index contributed by atoms with van der Waals surface area (Å²) in [4.78, 5) is 2.49. The van der Waals surface area contributed by atoms with Gasteiger partial charge in [0.25, 0.3) is 0 Å². The molecular formula is C14H32N2O. The Hall–Kier alpha value is -0.120. The predicted molar refractivity (Wildman–Crippen MR) is 75.6 cm³/mol. The van der Waals surface area contributed by atoms with Gasteiger partial charge in [-0.15, -0.1) is 0 Å². The van der Waals surface area contributed by atoms with E-state index in [1.807, 2.05) is 0 Å². The maximum absolute atomic E-state index is 5.14. The average Bonchev–Trinajstić information content (AvgIpc) is 2.20. The minimum atomic E-state index is 0.244. The van der Waals surface area contributed by atoms with Crippen molar-refractivity contribution in [3.63, 3.8) is 0 Å². The molecule has 3 heteroatoms. The number of unbranched alkanes of at least 4 members (excludes halogenated alkanes) is 1. The first kappa shape index (κ1) is 16.9. The minimum absolute atomic E-state index is 0.244. The molecule has 0 aromatic heterocycles. The summed E-state index contributed by atoms with van der Waals surface area (Å²) < 4.78 is 5.14. The van der Waals surface area contributed by atoms with Crippen LogP contribution in [0.1, 0.15) is 47.5 Å². The van der Waals surface area contributed by atoms with Crippen LogP contribution in [-0.2, 0) is 4.74 Å². The van der Waals surface area contributed by atoms with Gasteiger partial charge in [0.15, 0.2) is 0 Å². The van der Waals surface area contributed by atoms with Crippen molar-refractivity contribution in [1.82, 2.24) is 10.2 Å². The highest BCUT2D eigenvalue weighted by Crippen LogP contribution is 2.03. The first-order chi connectivity index (χ1) is 7.87. The Morgan fingerprint density at radius 2 is 1.76 bits per heavy atom. The van der Waals surface area contributed by atoms with Crippen LogP contribution in [0, 0.1) is 0 Å². The van der Waals surface area contributed by atoms with Crippen molar-refractivity contribution in [2.75, 3.05) is 33.4 Å². The van der Waals surface area contributed by atoms with Crippen LogP contribution in [0.25, 0.3) is 0 Å². The fraction of sp³-hybridized carbons (Fsp3) is 1.00. The van der Waals surface area contributed by atoms with E-state index >= 15 is 0 Å². The normalized spacial score (nSPS) is 12.7. The van der Waals surface area contributed by atoms with Crippen molar-refractivity contribution >= 4 is 0 Å². The van der Waals surface area contributed by atoms with Gasteiger partial charge in [-0.05, 0) is 60.5 Å². The molecule has 0 aliphatic carbocycles. The molecule has 0 amide bonds. The van der Waals surface area contributed by atoms with Crippen LogP contribution >= 0.6 is 0 Å². The van der Waals surface area contributed by atoms with Crippen LogP contribution in [0.3, 0.4) is 0 Å². The zero-order valence-electron chi connectivity index (χ0n) is 12.7. The third-order valence-electron chi connectivity index (χ3n) is 2.84. The summed E-state index contributed by atoms with van der Waals surface area (Å²) in [5, 5.41) is 3.52. The molecule has 0 heterocycles. The average molecular weight is 244 g/mol. The second kappa shape index (κ2) is 8.90. The topological polar surface area (TPSA) is 24.5 Å². The van der Waals surface area contributed by atoms with Gasteiger partial charge in [0, 0.05) is 25.2 Å². The molecule has 0 bridgehead atoms. The fourth-order valence-corrected chi connectivity index (χ4v) is 1.74. The van der Waals surface area contributed by atoms with Crippen molar-refractivity contribution in [2.45, 2.75) is 59.0 Å². The van der Waals surface area contributed by atoms with Crippen molar-refractivity contribution in [3.05, 3.63) is 0 Å². The zero-order valence-corrected chi connectivity index (χ0v) is 12.7. The van der Waals surface area contributed by atoms with Crippen LogP contribution in [0.4, 0.5) is 0 Å². The summed E-state index contributed by atoms with van der Waals surface area (Å²) in [5.74, 6) is 0. The quantitative estimate of drug-likeness (QED) is 0.631. The van der Waals surface area contributed by atoms with Crippen LogP contribution in [0.15, 0.2) is 0 Å². The lowest BCUT2D eigenvalue weighted by Crippen LogP contribution is -2.37. The Bertz CT molecular complexity index is 176. The Balaban J connectivity index is 3.61. The number of methoxy groups -OCH3 is 1. The molecule has 0 aromatic carbocycles. The van der Waals surface area contributed by atoms with E-state index in [1.54, 1.807) is 7.11 Å². The third kappa shape index (κ3) is 10.7. The van der Waals surface area contributed by atoms with Gasteiger partial charge in [0.2, 0.25) is 0 Å². The number of hydrogen-bond acceptors (Lipinski definition) is 3. The van der Waals surface area contributed by atoms with Gasteiger partial charge in [-0.1, -0.05) is 0 Å². The molecule has 0 aliphatic rings. The van der Waals surface area contributed by atoms with E-state index in [4.69, 9.17) is 4.74 Å². The monoisotopic (exact) mass is 244 g/mol. The van der Waals surface area contributed by atoms with Crippen LogP contribution in [0.5, 0.6) is 0 Å². The molecule has 0 saturated carbocycles. The third-order valence-corrected chi connectivity index (χ3v) is 2.84. The molecule has 0 radical (unpaired) electrons. The molecule has 17 heavy (non-hydrogen) atoms. The molecule has 0 fully saturated rings. The highest BCUT2D eigenvalue weighted by molar-refractivity contribution is 4.70. The minimum Gasteiger partial charge on any atom is -0.383 e. The highest BCUT2D eigenvalue weighted by atomic mass is 16.5. The molecule has 0 atom stereocenters. The second-order valence-electron chi connectivity index (χ2n) is 6.01. The van der Waals surface area contributed by atoms with Gasteiger partial charge in [-0.25, -0.2) is 0 Å². The van der Waals surface area contributed by atoms with Gasteiger partial charge in [0.1, 0.15) is 0 Å². The molecule has 0 unspecified atom stereocenters. The van der Waals surface area contributed by atoms with Gasteiger partial charge in [-0.2, -0.15) is 0 Å². The molecule has 0 aromatic rings. The van der Waals surface area contributed by atoms with E-state index in [-0.39, 0.29) is 5.54 Å². The lowest BCUT2D eigenvalue weighted by molar-refractivity contribution is 0.128. The van der Waals surface area contributed by atoms with Crippen molar-refractivity contribution in [1.29, 1.82) is 0 Å². The largest absolute Gasteiger partial charge is 0.383 e. The van der Waals surface area contributed by atoms with Crippen LogP contribution in [0.2, 0.25) is 0 Å². The first-order valence-electron chi connectivity index (χ1n) is 6.85. The number of nitrogens with one attached hydrogen (secondary N) is 1. The molecule has 0 saturated heterocycles. The number of nitrogens with zero attached hydrogens (tertiary/aromatic N) is 1. The summed E-state index contributed by atoms with van der Waals surface area (Å²) >= 11 is 0. The van der Waals surface area contributed by atoms with E-state index in [9.17, 15) is 0 Å². The number of rotatable bonds is 9. The molecular weight excluding hydrogens is 212 g/mol. The van der Waals surface area contributed by atoms with E-state index in [1.165, 1.54) is 19.4 Å². The van der Waals surface area contributed by atoms with Crippen LogP contribution in [-0.4, -0.2) is 49.8 Å². The molecule has 3 nitrogen and oxygen atoms in total. The van der Waals surface area contributed by atoms with Crippen molar-refractivity contribution in [2.24, 2.45) is 0 Å². The Labute approximate surface area is 108 Å². The van der Waals surface area contributed by atoms with E-state index in [0.29, 0.717) is 6.04 Å². The first-order valence-corrected chi connectivity index (χ1v) is 6.85. The zero-order chi connectivity index (χ0) is 13.3. The fourth-order valence-electron chi connectivity index (χ4n) is 1.74. The SMILES string of the molecule is COCCN(CCCCNC(C)(C)C)C(C)C. The lowest BCUT2D eigenvalue weighted by atomic mass is 10.1. The Morgan fingerprint density at radius 1 is 1.12 bits per heavy atom. The van der Waals surface area contributed by atoms with Gasteiger partial charge < -0.3 is 10.1 Å².